The quantitative estimate of drug-likeness (QED) is 0.602. The van der Waals surface area contributed by atoms with Crippen LogP contribution in [0.4, 0.5) is 5.69 Å². The maximum atomic E-state index is 12.4. The van der Waals surface area contributed by atoms with Crippen LogP contribution >= 0.6 is 11.3 Å². The van der Waals surface area contributed by atoms with Gasteiger partial charge in [-0.05, 0) is 22.9 Å². The van der Waals surface area contributed by atoms with Gasteiger partial charge in [-0.1, -0.05) is 42.5 Å². The lowest BCUT2D eigenvalue weighted by molar-refractivity contribution is -0.116. The van der Waals surface area contributed by atoms with Gasteiger partial charge in [0.1, 0.15) is 6.54 Å². The lowest BCUT2D eigenvalue weighted by atomic mass is 10.1. The molecule has 2 aromatic heterocycles. The maximum Gasteiger partial charge on any atom is 0.254 e. The van der Waals surface area contributed by atoms with Gasteiger partial charge in [0.25, 0.3) is 5.56 Å². The number of amides is 1. The molecule has 0 aliphatic heterocycles. The molecule has 4 aromatic rings. The number of thiophene rings is 1. The van der Waals surface area contributed by atoms with E-state index in [2.05, 4.69) is 10.3 Å². The van der Waals surface area contributed by atoms with Gasteiger partial charge in [0, 0.05) is 17.1 Å². The van der Waals surface area contributed by atoms with Crippen molar-refractivity contribution in [2.45, 2.75) is 6.54 Å². The van der Waals surface area contributed by atoms with Crippen LogP contribution in [0.5, 0.6) is 0 Å². The normalized spacial score (nSPS) is 10.8. The summed E-state index contributed by atoms with van der Waals surface area (Å²) in [6.07, 6.45) is 1.42. The van der Waals surface area contributed by atoms with E-state index < -0.39 is 0 Å². The molecule has 4 rings (SSSR count). The predicted molar refractivity (Wildman–Crippen MR) is 104 cm³/mol. The van der Waals surface area contributed by atoms with E-state index in [-0.39, 0.29) is 18.0 Å². The van der Waals surface area contributed by atoms with Crippen molar-refractivity contribution in [1.82, 2.24) is 9.55 Å². The molecule has 0 saturated heterocycles. The molecule has 0 atom stereocenters. The topological polar surface area (TPSA) is 64.0 Å². The van der Waals surface area contributed by atoms with Crippen molar-refractivity contribution in [3.05, 3.63) is 82.7 Å². The van der Waals surface area contributed by atoms with Crippen LogP contribution in [0.2, 0.25) is 0 Å². The first-order chi connectivity index (χ1) is 12.7. The minimum atomic E-state index is -0.269. The van der Waals surface area contributed by atoms with Gasteiger partial charge in [-0.15, -0.1) is 11.3 Å². The molecular formula is C20H15N3O2S. The average Bonchev–Trinajstić information content (AvgIpc) is 3.18. The second-order valence-corrected chi connectivity index (χ2v) is 6.74. The van der Waals surface area contributed by atoms with E-state index in [0.29, 0.717) is 5.69 Å². The second kappa shape index (κ2) is 6.93. The number of fused-ring (bicyclic) bond motifs is 1. The number of carbonyl (C=O) groups excluding carboxylic acids is 1. The molecule has 0 saturated carbocycles. The SMILES string of the molecule is O=C(Cn1cnc(-c2cccs2)cc1=O)Nc1cccc2ccccc12. The number of aromatic nitrogens is 2. The van der Waals surface area contributed by atoms with Crippen LogP contribution in [0, 0.1) is 0 Å². The molecule has 0 radical (unpaired) electrons. The van der Waals surface area contributed by atoms with Crippen molar-refractivity contribution in [3.8, 4) is 10.6 Å². The summed E-state index contributed by atoms with van der Waals surface area (Å²) in [4.78, 5) is 29.9. The fourth-order valence-corrected chi connectivity index (χ4v) is 3.48. The molecular weight excluding hydrogens is 346 g/mol. The van der Waals surface area contributed by atoms with Gasteiger partial charge in [-0.3, -0.25) is 14.2 Å². The first-order valence-electron chi connectivity index (χ1n) is 8.09. The van der Waals surface area contributed by atoms with Gasteiger partial charge in [0.2, 0.25) is 5.91 Å². The van der Waals surface area contributed by atoms with Crippen molar-refractivity contribution >= 4 is 33.7 Å². The predicted octanol–water partition coefficient (Wildman–Crippen LogP) is 3.76. The zero-order valence-electron chi connectivity index (χ0n) is 13.8. The standard InChI is InChI=1S/C20H15N3O2S/c24-19(22-16-8-3-6-14-5-1-2-7-15(14)16)12-23-13-21-17(11-20(23)25)18-9-4-10-26-18/h1-11,13H,12H2,(H,22,24). The Morgan fingerprint density at radius 2 is 1.92 bits per heavy atom. The van der Waals surface area contributed by atoms with Crippen molar-refractivity contribution in [1.29, 1.82) is 0 Å². The highest BCUT2D eigenvalue weighted by Crippen LogP contribution is 2.23. The van der Waals surface area contributed by atoms with E-state index in [1.165, 1.54) is 28.3 Å². The fraction of sp³-hybridized carbons (Fsp3) is 0.0500. The molecule has 2 aromatic carbocycles. The Hall–Kier alpha value is -3.25. The summed E-state index contributed by atoms with van der Waals surface area (Å²) in [5.74, 6) is -0.269. The van der Waals surface area contributed by atoms with E-state index in [0.717, 1.165) is 21.3 Å². The highest BCUT2D eigenvalue weighted by atomic mass is 32.1. The molecule has 5 nitrogen and oxygen atoms in total. The summed E-state index contributed by atoms with van der Waals surface area (Å²) >= 11 is 1.52. The minimum absolute atomic E-state index is 0.0836. The third-order valence-electron chi connectivity index (χ3n) is 4.03. The van der Waals surface area contributed by atoms with E-state index in [1.54, 1.807) is 0 Å². The molecule has 0 unspecified atom stereocenters. The maximum absolute atomic E-state index is 12.4. The average molecular weight is 361 g/mol. The zero-order valence-corrected chi connectivity index (χ0v) is 14.6. The van der Waals surface area contributed by atoms with Crippen LogP contribution in [0.1, 0.15) is 0 Å². The number of nitrogens with zero attached hydrogens (tertiary/aromatic N) is 2. The number of hydrogen-bond acceptors (Lipinski definition) is 4. The van der Waals surface area contributed by atoms with E-state index in [4.69, 9.17) is 0 Å². The summed E-state index contributed by atoms with van der Waals surface area (Å²) in [7, 11) is 0. The Bertz CT molecular complexity index is 1130. The number of nitrogens with one attached hydrogen (secondary N) is 1. The molecule has 2 heterocycles. The molecule has 128 valence electrons. The molecule has 26 heavy (non-hydrogen) atoms. The number of benzene rings is 2. The smallest absolute Gasteiger partial charge is 0.254 e. The summed E-state index contributed by atoms with van der Waals surface area (Å²) in [6, 6.07) is 18.8. The number of hydrogen-bond donors (Lipinski definition) is 1. The van der Waals surface area contributed by atoms with Crippen molar-refractivity contribution in [2.24, 2.45) is 0 Å². The lowest BCUT2D eigenvalue weighted by Gasteiger charge is -2.10. The summed E-state index contributed by atoms with van der Waals surface area (Å²) in [5.41, 5.74) is 1.09. The first kappa shape index (κ1) is 16.2. The Morgan fingerprint density at radius 3 is 2.73 bits per heavy atom. The van der Waals surface area contributed by atoms with Crippen molar-refractivity contribution < 1.29 is 4.79 Å². The second-order valence-electron chi connectivity index (χ2n) is 5.79. The molecule has 0 spiro atoms. The highest BCUT2D eigenvalue weighted by Gasteiger charge is 2.09. The van der Waals surface area contributed by atoms with Gasteiger partial charge >= 0.3 is 0 Å². The highest BCUT2D eigenvalue weighted by molar-refractivity contribution is 7.13. The lowest BCUT2D eigenvalue weighted by Crippen LogP contribution is -2.27. The molecule has 0 aliphatic carbocycles. The Labute approximate surface area is 153 Å². The molecule has 0 fully saturated rings. The molecule has 0 bridgehead atoms. The summed E-state index contributed by atoms with van der Waals surface area (Å²) in [6.45, 7) is -0.0836. The van der Waals surface area contributed by atoms with Gasteiger partial charge < -0.3 is 5.32 Å². The van der Waals surface area contributed by atoms with Crippen molar-refractivity contribution in [3.63, 3.8) is 0 Å². The third kappa shape index (κ3) is 3.27. The molecule has 6 heteroatoms. The Kier molecular flexibility index (Phi) is 4.33. The van der Waals surface area contributed by atoms with E-state index in [9.17, 15) is 9.59 Å². The van der Waals surface area contributed by atoms with Crippen LogP contribution < -0.4 is 10.9 Å². The van der Waals surface area contributed by atoms with Crippen molar-refractivity contribution in [2.75, 3.05) is 5.32 Å². The largest absolute Gasteiger partial charge is 0.324 e. The molecule has 0 aliphatic rings. The summed E-state index contributed by atoms with van der Waals surface area (Å²) in [5, 5.41) is 6.81. The third-order valence-corrected chi connectivity index (χ3v) is 4.92. The van der Waals surface area contributed by atoms with Crippen LogP contribution in [0.15, 0.2) is 77.2 Å². The van der Waals surface area contributed by atoms with Crippen LogP contribution in [0.25, 0.3) is 21.3 Å². The zero-order chi connectivity index (χ0) is 17.9. The Morgan fingerprint density at radius 1 is 1.08 bits per heavy atom. The number of carbonyl (C=O) groups is 1. The first-order valence-corrected chi connectivity index (χ1v) is 8.97. The van der Waals surface area contributed by atoms with E-state index in [1.807, 2.05) is 60.0 Å². The van der Waals surface area contributed by atoms with Gasteiger partial charge in [0.05, 0.1) is 16.9 Å². The minimum Gasteiger partial charge on any atom is -0.324 e. The van der Waals surface area contributed by atoms with Crippen LogP contribution in [-0.2, 0) is 11.3 Å². The monoisotopic (exact) mass is 361 g/mol. The van der Waals surface area contributed by atoms with E-state index >= 15 is 0 Å². The van der Waals surface area contributed by atoms with Gasteiger partial charge in [0.15, 0.2) is 0 Å². The number of anilines is 1. The molecule has 1 amide bonds. The summed E-state index contributed by atoms with van der Waals surface area (Å²) < 4.78 is 1.30. The number of rotatable bonds is 4. The molecule has 1 N–H and O–H groups in total. The van der Waals surface area contributed by atoms with Crippen LogP contribution in [-0.4, -0.2) is 15.5 Å². The fourth-order valence-electron chi connectivity index (χ4n) is 2.78. The van der Waals surface area contributed by atoms with Gasteiger partial charge in [-0.2, -0.15) is 0 Å². The van der Waals surface area contributed by atoms with Gasteiger partial charge in [-0.25, -0.2) is 4.98 Å². The van der Waals surface area contributed by atoms with Crippen LogP contribution in [0.3, 0.4) is 0 Å². The Balaban J connectivity index is 1.54.